The molecular weight excluding hydrogens is 599 g/mol. The number of unbranched alkanes of at least 4 members (excludes halogenated alkanes) is 5. The van der Waals surface area contributed by atoms with Crippen molar-refractivity contribution in [2.45, 2.75) is 99.6 Å². The maximum absolute atomic E-state index is 14.0. The summed E-state index contributed by atoms with van der Waals surface area (Å²) in [4.78, 5) is 23.7. The highest BCUT2D eigenvalue weighted by Gasteiger charge is 2.94. The molecule has 0 aliphatic carbocycles. The molecule has 4 nitrogen and oxygen atoms in total. The molecule has 1 amide bonds. The monoisotopic (exact) mass is 623 g/mol. The van der Waals surface area contributed by atoms with E-state index < -0.39 is 72.7 Å². The van der Waals surface area contributed by atoms with Crippen molar-refractivity contribution in [1.29, 1.82) is 0 Å². The molecule has 0 bridgehead atoms. The van der Waals surface area contributed by atoms with Crippen LogP contribution in [0.3, 0.4) is 0 Å². The van der Waals surface area contributed by atoms with Gasteiger partial charge in [-0.3, -0.25) is 4.79 Å². The Morgan fingerprint density at radius 3 is 1.57 bits per heavy atom. The predicted molar refractivity (Wildman–Crippen MR) is 107 cm³/mol. The normalized spacial score (nSPS) is 15.0. The largest absolute Gasteiger partial charge is 0.464 e. The lowest BCUT2D eigenvalue weighted by Crippen LogP contribution is -2.74. The van der Waals surface area contributed by atoms with Gasteiger partial charge in [-0.1, -0.05) is 45.1 Å². The Morgan fingerprint density at radius 2 is 1.12 bits per heavy atom. The zero-order valence-corrected chi connectivity index (χ0v) is 20.4. The number of alkyl halides is 15. The fraction of sp³-hybridized carbons (Fsp3) is 0.810. The van der Waals surface area contributed by atoms with Gasteiger partial charge in [-0.2, -0.15) is 65.9 Å². The molecular formula is C21H24F15NO3. The summed E-state index contributed by atoms with van der Waals surface area (Å²) in [6.07, 6.45) is -3.99. The van der Waals surface area contributed by atoms with Crippen LogP contribution in [-0.2, 0) is 14.3 Å². The molecule has 0 aliphatic rings. The molecule has 0 aromatic carbocycles. The maximum Gasteiger partial charge on any atom is 0.460 e. The van der Waals surface area contributed by atoms with Crippen molar-refractivity contribution >= 4 is 11.9 Å². The number of carbonyl (C=O) groups excluding carboxylic acids is 2. The summed E-state index contributed by atoms with van der Waals surface area (Å²) in [7, 11) is 0. The van der Waals surface area contributed by atoms with E-state index in [0.29, 0.717) is 18.9 Å². The fourth-order valence-electron chi connectivity index (χ4n) is 2.89. The number of esters is 1. The molecule has 19 heteroatoms. The lowest BCUT2D eigenvalue weighted by atomic mass is 9.90. The molecule has 1 atom stereocenters. The van der Waals surface area contributed by atoms with Gasteiger partial charge >= 0.3 is 47.7 Å². The molecule has 0 aliphatic heterocycles. The number of amides is 1. The van der Waals surface area contributed by atoms with E-state index in [4.69, 9.17) is 0 Å². The van der Waals surface area contributed by atoms with E-state index in [1.165, 1.54) is 0 Å². The van der Waals surface area contributed by atoms with Gasteiger partial charge in [-0.25, -0.2) is 4.79 Å². The van der Waals surface area contributed by atoms with Gasteiger partial charge in [-0.05, 0) is 12.8 Å². The summed E-state index contributed by atoms with van der Waals surface area (Å²) >= 11 is 0. The average Bonchev–Trinajstić information content (AvgIpc) is 2.81. The van der Waals surface area contributed by atoms with Crippen LogP contribution in [0.1, 0.15) is 51.9 Å². The van der Waals surface area contributed by atoms with Crippen molar-refractivity contribution in [2.75, 3.05) is 6.61 Å². The minimum atomic E-state index is -8.52. The summed E-state index contributed by atoms with van der Waals surface area (Å²) in [6.45, 7) is 4.53. The summed E-state index contributed by atoms with van der Waals surface area (Å²) in [6, 6.07) is -2.39. The standard InChI is InChI=1S/C21H24F15NO3/c1-3-5-6-7-8-9-11-40-13(38)12(10-4-2)37-14(39)15(22,23)16(24,25)17(26,27)18(28,29)19(30,31)20(32,33)21(34,35)36/h4,12H,2-3,5-11H2,1H3,(H,37,39). The van der Waals surface area contributed by atoms with Crippen molar-refractivity contribution in [3.63, 3.8) is 0 Å². The smallest absolute Gasteiger partial charge is 0.460 e. The van der Waals surface area contributed by atoms with Gasteiger partial charge in [0, 0.05) is 0 Å². The number of halogens is 15. The summed E-state index contributed by atoms with van der Waals surface area (Å²) in [5.74, 6) is -54.0. The van der Waals surface area contributed by atoms with E-state index in [0.717, 1.165) is 24.6 Å². The Kier molecular flexibility index (Phi) is 12.3. The number of hydrogen-bond acceptors (Lipinski definition) is 3. The number of nitrogens with one attached hydrogen (secondary N) is 1. The topological polar surface area (TPSA) is 55.4 Å². The second kappa shape index (κ2) is 13.1. The van der Waals surface area contributed by atoms with Gasteiger partial charge in [0.1, 0.15) is 6.04 Å². The van der Waals surface area contributed by atoms with Gasteiger partial charge in [0.15, 0.2) is 0 Å². The Morgan fingerprint density at radius 1 is 0.700 bits per heavy atom. The van der Waals surface area contributed by atoms with Gasteiger partial charge in [-0.15, -0.1) is 6.58 Å². The Hall–Kier alpha value is -2.37. The Labute approximate surface area is 217 Å². The quantitative estimate of drug-likeness (QED) is 0.0800. The van der Waals surface area contributed by atoms with Crippen molar-refractivity contribution in [3.8, 4) is 0 Å². The number of hydrogen-bond donors (Lipinski definition) is 1. The molecule has 236 valence electrons. The molecule has 0 fully saturated rings. The number of ether oxygens (including phenoxy) is 1. The zero-order valence-electron chi connectivity index (χ0n) is 20.4. The van der Waals surface area contributed by atoms with E-state index >= 15 is 0 Å². The van der Waals surface area contributed by atoms with Crippen molar-refractivity contribution in [1.82, 2.24) is 5.32 Å². The van der Waals surface area contributed by atoms with Crippen LogP contribution in [0, 0.1) is 0 Å². The van der Waals surface area contributed by atoms with Crippen molar-refractivity contribution < 1.29 is 80.2 Å². The number of carbonyl (C=O) groups is 2. The minimum absolute atomic E-state index is 0.191. The molecule has 0 radical (unpaired) electrons. The maximum atomic E-state index is 14.0. The van der Waals surface area contributed by atoms with Gasteiger partial charge < -0.3 is 10.1 Å². The fourth-order valence-corrected chi connectivity index (χ4v) is 2.89. The molecule has 0 heterocycles. The first-order valence-electron chi connectivity index (χ1n) is 11.2. The molecule has 1 N–H and O–H groups in total. The third kappa shape index (κ3) is 7.09. The van der Waals surface area contributed by atoms with E-state index in [2.05, 4.69) is 11.3 Å². The highest BCUT2D eigenvalue weighted by molar-refractivity contribution is 5.89. The SMILES string of the molecule is C=CCC(NC(=O)C(F)(F)C(F)(F)C(F)(F)C(F)(F)C(F)(F)C(F)(F)C(F)(F)F)C(=O)OCCCCCCCC. The highest BCUT2D eigenvalue weighted by Crippen LogP contribution is 2.62. The zero-order chi connectivity index (χ0) is 32.0. The van der Waals surface area contributed by atoms with E-state index in [1.807, 2.05) is 6.92 Å². The molecule has 0 rings (SSSR count). The first kappa shape index (κ1) is 37.6. The van der Waals surface area contributed by atoms with Crippen LogP contribution < -0.4 is 5.32 Å². The van der Waals surface area contributed by atoms with E-state index in [1.54, 1.807) is 0 Å². The third-order valence-electron chi connectivity index (χ3n) is 5.35. The summed E-state index contributed by atoms with van der Waals surface area (Å²) < 4.78 is 204. The lowest BCUT2D eigenvalue weighted by molar-refractivity contribution is -0.449. The van der Waals surface area contributed by atoms with E-state index in [-0.39, 0.29) is 6.42 Å². The molecule has 0 saturated heterocycles. The first-order chi connectivity index (χ1) is 17.8. The Balaban J connectivity index is 5.96. The summed E-state index contributed by atoms with van der Waals surface area (Å²) in [5.41, 5.74) is 0. The van der Waals surface area contributed by atoms with E-state index in [9.17, 15) is 75.4 Å². The second-order valence-electron chi connectivity index (χ2n) is 8.43. The molecule has 1 unspecified atom stereocenters. The van der Waals surface area contributed by atoms with Crippen LogP contribution in [0.25, 0.3) is 0 Å². The first-order valence-corrected chi connectivity index (χ1v) is 11.2. The third-order valence-corrected chi connectivity index (χ3v) is 5.35. The van der Waals surface area contributed by atoms with Crippen LogP contribution in [0.4, 0.5) is 65.9 Å². The molecule has 0 aromatic rings. The lowest BCUT2D eigenvalue weighted by Gasteiger charge is -2.41. The Bertz CT molecular complexity index is 872. The van der Waals surface area contributed by atoms with Crippen LogP contribution >= 0.6 is 0 Å². The van der Waals surface area contributed by atoms with Crippen molar-refractivity contribution in [2.24, 2.45) is 0 Å². The average molecular weight is 623 g/mol. The van der Waals surface area contributed by atoms with Crippen LogP contribution in [0.5, 0.6) is 0 Å². The van der Waals surface area contributed by atoms with Crippen LogP contribution in [0.15, 0.2) is 12.7 Å². The molecule has 0 saturated carbocycles. The van der Waals surface area contributed by atoms with Crippen LogP contribution in [0.2, 0.25) is 0 Å². The second-order valence-corrected chi connectivity index (χ2v) is 8.43. The molecule has 0 aromatic heterocycles. The van der Waals surface area contributed by atoms with Gasteiger partial charge in [0.25, 0.3) is 5.91 Å². The highest BCUT2D eigenvalue weighted by atomic mass is 19.4. The van der Waals surface area contributed by atoms with Gasteiger partial charge in [0.2, 0.25) is 0 Å². The number of rotatable bonds is 17. The molecule has 40 heavy (non-hydrogen) atoms. The van der Waals surface area contributed by atoms with Crippen molar-refractivity contribution in [3.05, 3.63) is 12.7 Å². The predicted octanol–water partition coefficient (Wildman–Crippen LogP) is 7.33. The van der Waals surface area contributed by atoms with Gasteiger partial charge in [0.05, 0.1) is 6.61 Å². The minimum Gasteiger partial charge on any atom is -0.464 e. The van der Waals surface area contributed by atoms with Crippen LogP contribution in [-0.4, -0.2) is 66.2 Å². The molecule has 0 spiro atoms. The summed E-state index contributed by atoms with van der Waals surface area (Å²) in [5, 5.41) is 0.741.